The number of hydrogen-bond donors (Lipinski definition) is 0. The molecule has 0 amide bonds. The van der Waals surface area contributed by atoms with Crippen LogP contribution < -0.4 is 0 Å². The third-order valence-corrected chi connectivity index (χ3v) is 7.88. The molecule has 0 saturated heterocycles. The molecule has 0 spiro atoms. The maximum atomic E-state index is 2.40. The molecule has 0 heterocycles. The van der Waals surface area contributed by atoms with Crippen molar-refractivity contribution >= 4 is 0 Å². The van der Waals surface area contributed by atoms with E-state index in [1.807, 2.05) is 0 Å². The van der Waals surface area contributed by atoms with Crippen molar-refractivity contribution in [3.63, 3.8) is 0 Å². The van der Waals surface area contributed by atoms with Crippen molar-refractivity contribution in [2.75, 3.05) is 0 Å². The van der Waals surface area contributed by atoms with Crippen LogP contribution >= 0.6 is 0 Å². The zero-order valence-electron chi connectivity index (χ0n) is 19.2. The Morgan fingerprint density at radius 2 is 1.74 bits per heavy atom. The van der Waals surface area contributed by atoms with Crippen molar-refractivity contribution in [3.8, 4) is 0 Å². The van der Waals surface area contributed by atoms with Gasteiger partial charge in [-0.2, -0.15) is 0 Å². The van der Waals surface area contributed by atoms with Gasteiger partial charge in [-0.05, 0) is 96.1 Å². The highest BCUT2D eigenvalue weighted by atomic mass is 14.3. The second kappa shape index (κ2) is 9.03. The Hall–Kier alpha value is -2.34. The van der Waals surface area contributed by atoms with Gasteiger partial charge in [0.15, 0.2) is 0 Å². The van der Waals surface area contributed by atoms with Gasteiger partial charge in [-0.1, -0.05) is 86.7 Å². The standard InChI is InChI=1S/C31H36/c1-22(2)27-16-15-25(21-27)19-23-11-13-24(14-12-23)20-28-17-18-30(26-7-4-3-5-8-26)31-10-6-9-29(28)31/h4,6-14,17-18,22,25,27,31H,3,5,15-16,19-21H2,1-2H3. The van der Waals surface area contributed by atoms with Crippen LogP contribution in [-0.4, -0.2) is 0 Å². The largest absolute Gasteiger partial charge is 0.0836 e. The summed E-state index contributed by atoms with van der Waals surface area (Å²) in [7, 11) is 0. The van der Waals surface area contributed by atoms with Crippen molar-refractivity contribution in [1.82, 2.24) is 0 Å². The molecule has 0 aromatic heterocycles. The first-order valence-corrected chi connectivity index (χ1v) is 12.4. The molecule has 1 fully saturated rings. The predicted molar refractivity (Wildman–Crippen MR) is 133 cm³/mol. The van der Waals surface area contributed by atoms with Gasteiger partial charge in [-0.3, -0.25) is 0 Å². The van der Waals surface area contributed by atoms with E-state index in [0.29, 0.717) is 5.92 Å². The van der Waals surface area contributed by atoms with Crippen LogP contribution in [0.15, 0.2) is 95.2 Å². The molecule has 1 aromatic rings. The van der Waals surface area contributed by atoms with E-state index in [1.165, 1.54) is 71.9 Å². The minimum atomic E-state index is 0.435. The van der Waals surface area contributed by atoms with Gasteiger partial charge in [0, 0.05) is 5.92 Å². The second-order valence-electron chi connectivity index (χ2n) is 10.3. The smallest absolute Gasteiger partial charge is 0.0281 e. The summed E-state index contributed by atoms with van der Waals surface area (Å²) in [6.07, 6.45) is 27.6. The first-order chi connectivity index (χ1) is 15.2. The molecule has 0 heteroatoms. The third-order valence-electron chi connectivity index (χ3n) is 7.88. The summed E-state index contributed by atoms with van der Waals surface area (Å²) in [5.74, 6) is 3.12. The van der Waals surface area contributed by atoms with Gasteiger partial charge >= 0.3 is 0 Å². The molecule has 0 aliphatic heterocycles. The van der Waals surface area contributed by atoms with Gasteiger partial charge in [-0.25, -0.2) is 0 Å². The first-order valence-electron chi connectivity index (χ1n) is 12.4. The molecule has 3 atom stereocenters. The summed E-state index contributed by atoms with van der Waals surface area (Å²) in [5, 5.41) is 0. The van der Waals surface area contributed by atoms with Gasteiger partial charge in [0.25, 0.3) is 0 Å². The van der Waals surface area contributed by atoms with E-state index in [1.54, 1.807) is 0 Å². The summed E-state index contributed by atoms with van der Waals surface area (Å²) >= 11 is 0. The van der Waals surface area contributed by atoms with Crippen LogP contribution in [0.2, 0.25) is 0 Å². The Labute approximate surface area is 188 Å². The molecule has 5 rings (SSSR count). The lowest BCUT2D eigenvalue weighted by atomic mass is 9.78. The Morgan fingerprint density at radius 1 is 0.903 bits per heavy atom. The maximum absolute atomic E-state index is 2.40. The Bertz CT molecular complexity index is 987. The lowest BCUT2D eigenvalue weighted by molar-refractivity contribution is 0.378. The van der Waals surface area contributed by atoms with E-state index < -0.39 is 0 Å². The van der Waals surface area contributed by atoms with Gasteiger partial charge < -0.3 is 0 Å². The topological polar surface area (TPSA) is 0 Å². The zero-order chi connectivity index (χ0) is 21.2. The van der Waals surface area contributed by atoms with Gasteiger partial charge in [0.05, 0.1) is 0 Å². The highest BCUT2D eigenvalue weighted by Gasteiger charge is 2.28. The molecule has 4 aliphatic carbocycles. The second-order valence-corrected chi connectivity index (χ2v) is 10.3. The van der Waals surface area contributed by atoms with Crippen LogP contribution in [0, 0.1) is 23.7 Å². The summed E-state index contributed by atoms with van der Waals surface area (Å²) in [4.78, 5) is 0. The van der Waals surface area contributed by atoms with Crippen molar-refractivity contribution in [2.24, 2.45) is 23.7 Å². The molecule has 0 N–H and O–H groups in total. The van der Waals surface area contributed by atoms with Crippen LogP contribution in [-0.2, 0) is 12.8 Å². The fraction of sp³-hybridized carbons (Fsp3) is 0.419. The number of rotatable bonds is 6. The van der Waals surface area contributed by atoms with Crippen LogP contribution in [0.5, 0.6) is 0 Å². The third kappa shape index (κ3) is 4.49. The van der Waals surface area contributed by atoms with Crippen molar-refractivity contribution < 1.29 is 0 Å². The molecule has 1 saturated carbocycles. The Kier molecular flexibility index (Phi) is 5.99. The number of benzene rings is 1. The van der Waals surface area contributed by atoms with E-state index >= 15 is 0 Å². The van der Waals surface area contributed by atoms with Crippen LogP contribution in [0.25, 0.3) is 0 Å². The maximum Gasteiger partial charge on any atom is 0.0281 e. The van der Waals surface area contributed by atoms with E-state index in [9.17, 15) is 0 Å². The lowest BCUT2D eigenvalue weighted by Gasteiger charge is -2.26. The van der Waals surface area contributed by atoms with E-state index in [0.717, 1.165) is 24.2 Å². The summed E-state index contributed by atoms with van der Waals surface area (Å²) in [5.41, 5.74) is 8.80. The van der Waals surface area contributed by atoms with Gasteiger partial charge in [0.1, 0.15) is 0 Å². The molecule has 0 radical (unpaired) electrons. The van der Waals surface area contributed by atoms with Crippen LogP contribution in [0.4, 0.5) is 0 Å². The molecular formula is C31H36. The van der Waals surface area contributed by atoms with Crippen LogP contribution in [0.3, 0.4) is 0 Å². The highest BCUT2D eigenvalue weighted by molar-refractivity contribution is 5.60. The fourth-order valence-corrected chi connectivity index (χ4v) is 5.96. The molecular weight excluding hydrogens is 372 g/mol. The van der Waals surface area contributed by atoms with Crippen molar-refractivity contribution in [2.45, 2.75) is 58.8 Å². The highest BCUT2D eigenvalue weighted by Crippen LogP contribution is 2.41. The van der Waals surface area contributed by atoms with E-state index in [2.05, 4.69) is 86.7 Å². The summed E-state index contributed by atoms with van der Waals surface area (Å²) in [6.45, 7) is 4.78. The van der Waals surface area contributed by atoms with Gasteiger partial charge in [-0.15, -0.1) is 0 Å². The van der Waals surface area contributed by atoms with Crippen molar-refractivity contribution in [3.05, 3.63) is 106 Å². The minimum absolute atomic E-state index is 0.435. The molecule has 31 heavy (non-hydrogen) atoms. The lowest BCUT2D eigenvalue weighted by Crippen LogP contribution is -2.12. The first kappa shape index (κ1) is 20.6. The molecule has 160 valence electrons. The van der Waals surface area contributed by atoms with E-state index in [-0.39, 0.29) is 0 Å². The molecule has 4 aliphatic rings. The normalized spacial score (nSPS) is 27.1. The molecule has 3 unspecified atom stereocenters. The minimum Gasteiger partial charge on any atom is -0.0836 e. The SMILES string of the molecule is CC(C)C1CCC(Cc2ccc(CC3=CC=C(C4=CCCC=C4)C4C=CC=C34)cc2)C1. The summed E-state index contributed by atoms with van der Waals surface area (Å²) < 4.78 is 0. The molecule has 1 aromatic carbocycles. The van der Waals surface area contributed by atoms with Crippen molar-refractivity contribution in [1.29, 1.82) is 0 Å². The quantitative estimate of drug-likeness (QED) is 0.446. The average Bonchev–Trinajstić information content (AvgIpc) is 3.46. The van der Waals surface area contributed by atoms with Gasteiger partial charge in [0.2, 0.25) is 0 Å². The molecule has 0 bridgehead atoms. The Balaban J connectivity index is 1.26. The predicted octanol–water partition coefficient (Wildman–Crippen LogP) is 8.10. The zero-order valence-corrected chi connectivity index (χ0v) is 19.2. The number of fused-ring (bicyclic) bond motifs is 1. The van der Waals surface area contributed by atoms with E-state index in [4.69, 9.17) is 0 Å². The van der Waals surface area contributed by atoms with Crippen LogP contribution in [0.1, 0.15) is 57.1 Å². The monoisotopic (exact) mass is 408 g/mol. The summed E-state index contributed by atoms with van der Waals surface area (Å²) in [6, 6.07) is 9.52. The number of allylic oxidation sites excluding steroid dienone is 12. The molecule has 0 nitrogen and oxygen atoms in total. The fourth-order valence-electron chi connectivity index (χ4n) is 5.96. The number of hydrogen-bond acceptors (Lipinski definition) is 0. The average molecular weight is 409 g/mol. The Morgan fingerprint density at radius 3 is 2.48 bits per heavy atom.